The summed E-state index contributed by atoms with van der Waals surface area (Å²) in [7, 11) is 0. The first-order valence-corrected chi connectivity index (χ1v) is 5.45. The van der Waals surface area contributed by atoms with Crippen LogP contribution in [0.2, 0.25) is 5.02 Å². The van der Waals surface area contributed by atoms with E-state index >= 15 is 0 Å². The highest BCUT2D eigenvalue weighted by molar-refractivity contribution is 6.32. The average molecular weight is 232 g/mol. The van der Waals surface area contributed by atoms with Crippen molar-refractivity contribution in [3.05, 3.63) is 58.6 Å². The second-order valence-electron chi connectivity index (χ2n) is 3.70. The van der Waals surface area contributed by atoms with Gasteiger partial charge in [0.2, 0.25) is 0 Å². The molecule has 0 amide bonds. The Morgan fingerprint density at radius 3 is 2.38 bits per heavy atom. The summed E-state index contributed by atoms with van der Waals surface area (Å²) in [5.41, 5.74) is 2.33. The molecule has 2 heteroatoms. The van der Waals surface area contributed by atoms with Crippen molar-refractivity contribution in [3.63, 3.8) is 0 Å². The van der Waals surface area contributed by atoms with Crippen molar-refractivity contribution in [2.45, 2.75) is 13.8 Å². The zero-order chi connectivity index (χ0) is 11.5. The lowest BCUT2D eigenvalue weighted by atomic mass is 10.1. The van der Waals surface area contributed by atoms with Gasteiger partial charge in [-0.25, -0.2) is 0 Å². The molecular weight excluding hydrogens is 220 g/mol. The molecule has 81 valence electrons. The van der Waals surface area contributed by atoms with Gasteiger partial charge in [-0.05, 0) is 55.3 Å². The van der Waals surface area contributed by atoms with E-state index in [2.05, 4.69) is 6.07 Å². The Morgan fingerprint density at radius 2 is 1.69 bits per heavy atom. The van der Waals surface area contributed by atoms with Crippen LogP contribution in [0.5, 0.6) is 11.5 Å². The van der Waals surface area contributed by atoms with E-state index in [9.17, 15) is 0 Å². The van der Waals surface area contributed by atoms with Crippen LogP contribution < -0.4 is 4.74 Å². The van der Waals surface area contributed by atoms with Gasteiger partial charge < -0.3 is 4.74 Å². The van der Waals surface area contributed by atoms with E-state index in [0.717, 1.165) is 5.75 Å². The first kappa shape index (κ1) is 11.0. The van der Waals surface area contributed by atoms with Gasteiger partial charge in [0.15, 0.2) is 0 Å². The minimum absolute atomic E-state index is 0.635. The predicted octanol–water partition coefficient (Wildman–Crippen LogP) is 4.55. The third-order valence-corrected chi connectivity index (χ3v) is 2.76. The molecule has 2 aromatic rings. The Balaban J connectivity index is 2.32. The Labute approximate surface area is 101 Å². The minimum Gasteiger partial charge on any atom is -0.456 e. The van der Waals surface area contributed by atoms with Crippen molar-refractivity contribution < 1.29 is 4.74 Å². The fourth-order valence-electron chi connectivity index (χ4n) is 1.40. The standard InChI is InChI=1S/C14H12ClO/c1-10-8-13(15)14(9-11(10)2)16-12-6-4-3-5-7-12/h4-9H,1-2H3. The zero-order valence-corrected chi connectivity index (χ0v) is 10.0. The Kier molecular flexibility index (Phi) is 3.16. The van der Waals surface area contributed by atoms with Crippen molar-refractivity contribution in [2.24, 2.45) is 0 Å². The third kappa shape index (κ3) is 2.37. The second-order valence-corrected chi connectivity index (χ2v) is 4.11. The predicted molar refractivity (Wildman–Crippen MR) is 66.3 cm³/mol. The molecule has 0 aliphatic heterocycles. The van der Waals surface area contributed by atoms with Gasteiger partial charge in [0.05, 0.1) is 5.02 Å². The molecule has 0 aliphatic carbocycles. The van der Waals surface area contributed by atoms with E-state index in [-0.39, 0.29) is 0 Å². The maximum Gasteiger partial charge on any atom is 0.146 e. The molecule has 0 heterocycles. The van der Waals surface area contributed by atoms with Gasteiger partial charge in [-0.2, -0.15) is 0 Å². The molecule has 0 spiro atoms. The fraction of sp³-hybridized carbons (Fsp3) is 0.143. The first-order valence-electron chi connectivity index (χ1n) is 5.07. The first-order chi connectivity index (χ1) is 7.66. The summed E-state index contributed by atoms with van der Waals surface area (Å²) in [6.45, 7) is 4.07. The minimum atomic E-state index is 0.635. The number of ether oxygens (including phenoxy) is 1. The zero-order valence-electron chi connectivity index (χ0n) is 9.25. The van der Waals surface area contributed by atoms with E-state index in [1.807, 2.05) is 50.2 Å². The number of hydrogen-bond acceptors (Lipinski definition) is 1. The van der Waals surface area contributed by atoms with Crippen molar-refractivity contribution in [3.8, 4) is 11.5 Å². The quantitative estimate of drug-likeness (QED) is 0.737. The van der Waals surface area contributed by atoms with Crippen molar-refractivity contribution in [1.82, 2.24) is 0 Å². The molecule has 1 radical (unpaired) electrons. The summed E-state index contributed by atoms with van der Waals surface area (Å²) in [5, 5.41) is 0.635. The second kappa shape index (κ2) is 4.58. The van der Waals surface area contributed by atoms with Crippen molar-refractivity contribution >= 4 is 11.6 Å². The van der Waals surface area contributed by atoms with Gasteiger partial charge in [-0.3, -0.25) is 0 Å². The highest BCUT2D eigenvalue weighted by Crippen LogP contribution is 2.31. The highest BCUT2D eigenvalue weighted by atomic mass is 35.5. The Bertz CT molecular complexity index is 492. The maximum atomic E-state index is 6.12. The fourth-order valence-corrected chi connectivity index (χ4v) is 1.66. The summed E-state index contributed by atoms with van der Waals surface area (Å²) in [6.07, 6.45) is 0. The molecule has 2 rings (SSSR count). The van der Waals surface area contributed by atoms with Crippen LogP contribution in [0.3, 0.4) is 0 Å². The van der Waals surface area contributed by atoms with E-state index in [1.54, 1.807) is 0 Å². The van der Waals surface area contributed by atoms with Gasteiger partial charge in [0.25, 0.3) is 0 Å². The summed E-state index contributed by atoms with van der Waals surface area (Å²) < 4.78 is 5.69. The molecule has 0 N–H and O–H groups in total. The summed E-state index contributed by atoms with van der Waals surface area (Å²) in [4.78, 5) is 0. The van der Waals surface area contributed by atoms with Gasteiger partial charge in [-0.15, -0.1) is 0 Å². The van der Waals surface area contributed by atoms with Crippen LogP contribution in [0, 0.1) is 19.9 Å². The molecule has 0 saturated heterocycles. The summed E-state index contributed by atoms with van der Waals surface area (Å²) in [6, 6.07) is 14.1. The van der Waals surface area contributed by atoms with Crippen molar-refractivity contribution in [2.75, 3.05) is 0 Å². The molecule has 0 unspecified atom stereocenters. The maximum absolute atomic E-state index is 6.12. The normalized spacial score (nSPS) is 10.2. The van der Waals surface area contributed by atoms with Gasteiger partial charge in [0, 0.05) is 0 Å². The number of benzene rings is 2. The highest BCUT2D eigenvalue weighted by Gasteiger charge is 2.05. The van der Waals surface area contributed by atoms with E-state index < -0.39 is 0 Å². The molecule has 0 atom stereocenters. The lowest BCUT2D eigenvalue weighted by Crippen LogP contribution is -1.88. The van der Waals surface area contributed by atoms with Crippen LogP contribution in [-0.4, -0.2) is 0 Å². The van der Waals surface area contributed by atoms with Crippen LogP contribution in [0.15, 0.2) is 36.4 Å². The molecule has 0 aromatic heterocycles. The molecule has 1 nitrogen and oxygen atoms in total. The number of hydrogen-bond donors (Lipinski definition) is 0. The smallest absolute Gasteiger partial charge is 0.146 e. The van der Waals surface area contributed by atoms with Crippen LogP contribution in [0.1, 0.15) is 11.1 Å². The Hall–Kier alpha value is -1.47. The number of rotatable bonds is 2. The molecule has 0 fully saturated rings. The summed E-state index contributed by atoms with van der Waals surface area (Å²) in [5.74, 6) is 1.46. The molecule has 16 heavy (non-hydrogen) atoms. The third-order valence-electron chi connectivity index (χ3n) is 2.46. The molecule has 0 saturated carbocycles. The van der Waals surface area contributed by atoms with E-state index in [1.165, 1.54) is 11.1 Å². The van der Waals surface area contributed by atoms with E-state index in [0.29, 0.717) is 10.8 Å². The van der Waals surface area contributed by atoms with E-state index in [4.69, 9.17) is 16.3 Å². The largest absolute Gasteiger partial charge is 0.456 e. The topological polar surface area (TPSA) is 9.23 Å². The monoisotopic (exact) mass is 231 g/mol. The average Bonchev–Trinajstić information content (AvgIpc) is 2.27. The molecule has 2 aromatic carbocycles. The lowest BCUT2D eigenvalue weighted by Gasteiger charge is -2.09. The molecule has 0 aliphatic rings. The van der Waals surface area contributed by atoms with Crippen LogP contribution >= 0.6 is 11.6 Å². The van der Waals surface area contributed by atoms with Crippen LogP contribution in [0.4, 0.5) is 0 Å². The lowest BCUT2D eigenvalue weighted by molar-refractivity contribution is 0.482. The molecule has 0 bridgehead atoms. The number of aryl methyl sites for hydroxylation is 2. The number of halogens is 1. The summed E-state index contributed by atoms with van der Waals surface area (Å²) >= 11 is 6.12. The van der Waals surface area contributed by atoms with Gasteiger partial charge in [0.1, 0.15) is 11.5 Å². The molecular formula is C14H12ClO. The SMILES string of the molecule is Cc1cc(Cl)c(Oc2cc[c]cc2)cc1C. The Morgan fingerprint density at radius 1 is 1.06 bits per heavy atom. The van der Waals surface area contributed by atoms with Gasteiger partial charge in [-0.1, -0.05) is 23.7 Å². The van der Waals surface area contributed by atoms with Crippen molar-refractivity contribution in [1.29, 1.82) is 0 Å². The van der Waals surface area contributed by atoms with Gasteiger partial charge >= 0.3 is 0 Å². The van der Waals surface area contributed by atoms with Crippen LogP contribution in [0.25, 0.3) is 0 Å². The van der Waals surface area contributed by atoms with Crippen LogP contribution in [-0.2, 0) is 0 Å².